The summed E-state index contributed by atoms with van der Waals surface area (Å²) in [7, 11) is 2.07. The first-order valence-electron chi connectivity index (χ1n) is 7.37. The van der Waals surface area contributed by atoms with Gasteiger partial charge in [-0.15, -0.1) is 0 Å². The number of hydrogen-bond donors (Lipinski definition) is 1. The van der Waals surface area contributed by atoms with Crippen LogP contribution in [0.2, 0.25) is 0 Å². The van der Waals surface area contributed by atoms with E-state index in [9.17, 15) is 0 Å². The normalized spacial score (nSPS) is 12.0. The van der Waals surface area contributed by atoms with E-state index in [1.807, 2.05) is 31.2 Å². The minimum absolute atomic E-state index is 0.0858. The maximum absolute atomic E-state index is 6.39. The number of nitrogens with two attached hydrogens (primary N) is 1. The molecule has 112 valence electrons. The molecule has 0 aromatic heterocycles. The summed E-state index contributed by atoms with van der Waals surface area (Å²) in [4.78, 5) is 2.20. The Labute approximate surface area is 127 Å². The molecule has 0 heterocycles. The SMILES string of the molecule is CCOc1ccccc1C(N)CN(C)c1ccccc1C. The van der Waals surface area contributed by atoms with Crippen LogP contribution in [-0.4, -0.2) is 20.2 Å². The van der Waals surface area contributed by atoms with Gasteiger partial charge in [0.05, 0.1) is 12.6 Å². The van der Waals surface area contributed by atoms with Crippen molar-refractivity contribution in [2.24, 2.45) is 5.73 Å². The van der Waals surface area contributed by atoms with Gasteiger partial charge in [-0.05, 0) is 31.5 Å². The van der Waals surface area contributed by atoms with Crippen molar-refractivity contribution in [3.63, 3.8) is 0 Å². The fraction of sp³-hybridized carbons (Fsp3) is 0.333. The van der Waals surface area contributed by atoms with E-state index in [0.717, 1.165) is 17.9 Å². The summed E-state index contributed by atoms with van der Waals surface area (Å²) in [6, 6.07) is 16.3. The summed E-state index contributed by atoms with van der Waals surface area (Å²) in [5, 5.41) is 0. The predicted octanol–water partition coefficient (Wildman–Crippen LogP) is 3.53. The number of nitrogens with zero attached hydrogens (tertiary/aromatic N) is 1. The van der Waals surface area contributed by atoms with E-state index in [0.29, 0.717) is 6.61 Å². The lowest BCUT2D eigenvalue weighted by Gasteiger charge is -2.26. The number of benzene rings is 2. The fourth-order valence-corrected chi connectivity index (χ4v) is 2.56. The summed E-state index contributed by atoms with van der Waals surface area (Å²) in [5.41, 5.74) is 9.91. The molecular formula is C18H24N2O. The molecule has 1 unspecified atom stereocenters. The predicted molar refractivity (Wildman–Crippen MR) is 89.0 cm³/mol. The maximum atomic E-state index is 6.39. The van der Waals surface area contributed by atoms with Gasteiger partial charge in [-0.2, -0.15) is 0 Å². The number of rotatable bonds is 6. The molecule has 2 N–H and O–H groups in total. The first-order chi connectivity index (χ1) is 10.1. The third kappa shape index (κ3) is 3.76. The number of anilines is 1. The molecule has 0 saturated heterocycles. The monoisotopic (exact) mass is 284 g/mol. The molecule has 0 aliphatic heterocycles. The summed E-state index contributed by atoms with van der Waals surface area (Å²) < 4.78 is 5.67. The molecular weight excluding hydrogens is 260 g/mol. The molecule has 21 heavy (non-hydrogen) atoms. The highest BCUT2D eigenvalue weighted by molar-refractivity contribution is 5.52. The van der Waals surface area contributed by atoms with E-state index in [4.69, 9.17) is 10.5 Å². The Kier molecular flexibility index (Phi) is 5.23. The standard InChI is InChI=1S/C18H24N2O/c1-4-21-18-12-8-6-10-15(18)16(19)13-20(3)17-11-7-5-9-14(17)2/h5-12,16H,4,13,19H2,1-3H3. The minimum Gasteiger partial charge on any atom is -0.494 e. The van der Waals surface area contributed by atoms with Crippen LogP contribution in [-0.2, 0) is 0 Å². The van der Waals surface area contributed by atoms with Gasteiger partial charge in [0.2, 0.25) is 0 Å². The summed E-state index contributed by atoms with van der Waals surface area (Å²) >= 11 is 0. The lowest BCUT2D eigenvalue weighted by atomic mass is 10.1. The number of likely N-dealkylation sites (N-methyl/N-ethyl adjacent to an activating group) is 1. The molecule has 0 aliphatic rings. The smallest absolute Gasteiger partial charge is 0.124 e. The Morgan fingerprint density at radius 3 is 2.48 bits per heavy atom. The van der Waals surface area contributed by atoms with Crippen molar-refractivity contribution in [3.8, 4) is 5.75 Å². The van der Waals surface area contributed by atoms with Gasteiger partial charge in [0.1, 0.15) is 5.75 Å². The lowest BCUT2D eigenvalue weighted by molar-refractivity contribution is 0.334. The van der Waals surface area contributed by atoms with Crippen molar-refractivity contribution >= 4 is 5.69 Å². The van der Waals surface area contributed by atoms with Crippen molar-refractivity contribution in [1.82, 2.24) is 0 Å². The Balaban J connectivity index is 2.14. The second-order valence-corrected chi connectivity index (χ2v) is 5.24. The number of para-hydroxylation sites is 2. The molecule has 2 rings (SSSR count). The molecule has 0 fully saturated rings. The molecule has 3 heteroatoms. The summed E-state index contributed by atoms with van der Waals surface area (Å²) in [6.45, 7) is 5.50. The highest BCUT2D eigenvalue weighted by Gasteiger charge is 2.15. The average molecular weight is 284 g/mol. The largest absolute Gasteiger partial charge is 0.494 e. The number of hydrogen-bond acceptors (Lipinski definition) is 3. The first-order valence-corrected chi connectivity index (χ1v) is 7.37. The van der Waals surface area contributed by atoms with Gasteiger partial charge in [-0.25, -0.2) is 0 Å². The molecule has 0 radical (unpaired) electrons. The van der Waals surface area contributed by atoms with Gasteiger partial charge in [0.25, 0.3) is 0 Å². The Morgan fingerprint density at radius 2 is 1.76 bits per heavy atom. The zero-order valence-electron chi connectivity index (χ0n) is 13.0. The van der Waals surface area contributed by atoms with Crippen LogP contribution in [0.5, 0.6) is 5.75 Å². The molecule has 0 spiro atoms. The molecule has 3 nitrogen and oxygen atoms in total. The van der Waals surface area contributed by atoms with Crippen LogP contribution in [0.4, 0.5) is 5.69 Å². The highest BCUT2D eigenvalue weighted by atomic mass is 16.5. The topological polar surface area (TPSA) is 38.5 Å². The van der Waals surface area contributed by atoms with Crippen LogP contribution in [0.25, 0.3) is 0 Å². The van der Waals surface area contributed by atoms with Crippen LogP contribution >= 0.6 is 0 Å². The van der Waals surface area contributed by atoms with Gasteiger partial charge >= 0.3 is 0 Å². The van der Waals surface area contributed by atoms with Crippen molar-refractivity contribution < 1.29 is 4.74 Å². The Bertz CT molecular complexity index is 583. The van der Waals surface area contributed by atoms with E-state index in [1.165, 1.54) is 11.3 Å². The molecule has 0 aliphatic carbocycles. The van der Waals surface area contributed by atoms with Gasteiger partial charge in [0.15, 0.2) is 0 Å². The molecule has 0 bridgehead atoms. The molecule has 2 aromatic rings. The fourth-order valence-electron chi connectivity index (χ4n) is 2.56. The number of ether oxygens (including phenoxy) is 1. The van der Waals surface area contributed by atoms with Crippen molar-refractivity contribution in [2.45, 2.75) is 19.9 Å². The van der Waals surface area contributed by atoms with Crippen LogP contribution in [0.1, 0.15) is 24.1 Å². The van der Waals surface area contributed by atoms with Crippen molar-refractivity contribution in [3.05, 3.63) is 59.7 Å². The quantitative estimate of drug-likeness (QED) is 0.882. The van der Waals surface area contributed by atoms with E-state index in [1.54, 1.807) is 0 Å². The van der Waals surface area contributed by atoms with Crippen LogP contribution in [0.15, 0.2) is 48.5 Å². The maximum Gasteiger partial charge on any atom is 0.124 e. The second-order valence-electron chi connectivity index (χ2n) is 5.24. The third-order valence-electron chi connectivity index (χ3n) is 3.62. The van der Waals surface area contributed by atoms with Crippen molar-refractivity contribution in [2.75, 3.05) is 25.1 Å². The third-order valence-corrected chi connectivity index (χ3v) is 3.62. The van der Waals surface area contributed by atoms with Gasteiger partial charge < -0.3 is 15.4 Å². The molecule has 2 aromatic carbocycles. The van der Waals surface area contributed by atoms with Crippen LogP contribution < -0.4 is 15.4 Å². The Morgan fingerprint density at radius 1 is 1.10 bits per heavy atom. The van der Waals surface area contributed by atoms with E-state index in [-0.39, 0.29) is 6.04 Å². The zero-order chi connectivity index (χ0) is 15.2. The minimum atomic E-state index is -0.0858. The van der Waals surface area contributed by atoms with Gasteiger partial charge in [0, 0.05) is 24.8 Å². The Hall–Kier alpha value is -2.00. The van der Waals surface area contributed by atoms with E-state index >= 15 is 0 Å². The van der Waals surface area contributed by atoms with E-state index in [2.05, 4.69) is 43.1 Å². The first kappa shape index (κ1) is 15.4. The van der Waals surface area contributed by atoms with Crippen LogP contribution in [0.3, 0.4) is 0 Å². The van der Waals surface area contributed by atoms with Gasteiger partial charge in [-0.3, -0.25) is 0 Å². The molecule has 0 saturated carbocycles. The van der Waals surface area contributed by atoms with Gasteiger partial charge in [-0.1, -0.05) is 36.4 Å². The average Bonchev–Trinajstić information content (AvgIpc) is 2.48. The summed E-state index contributed by atoms with van der Waals surface area (Å²) in [5.74, 6) is 0.880. The van der Waals surface area contributed by atoms with Crippen molar-refractivity contribution in [1.29, 1.82) is 0 Å². The lowest BCUT2D eigenvalue weighted by Crippen LogP contribution is -2.29. The molecule has 0 amide bonds. The number of aryl methyl sites for hydroxylation is 1. The second kappa shape index (κ2) is 7.14. The highest BCUT2D eigenvalue weighted by Crippen LogP contribution is 2.26. The van der Waals surface area contributed by atoms with E-state index < -0.39 is 0 Å². The van der Waals surface area contributed by atoms with Crippen LogP contribution in [0, 0.1) is 6.92 Å². The molecule has 1 atom stereocenters. The summed E-state index contributed by atoms with van der Waals surface area (Å²) in [6.07, 6.45) is 0. The zero-order valence-corrected chi connectivity index (χ0v) is 13.0.